The van der Waals surface area contributed by atoms with Crippen molar-refractivity contribution >= 4 is 12.6 Å². The van der Waals surface area contributed by atoms with Crippen LogP contribution in [-0.2, 0) is 9.59 Å². The Kier molecular flexibility index (Phi) is 3.98. The third-order valence-corrected chi connectivity index (χ3v) is 2.08. The highest BCUT2D eigenvalue weighted by molar-refractivity contribution is 5.57. The van der Waals surface area contributed by atoms with Gasteiger partial charge in [0.15, 0.2) is 0 Å². The van der Waals surface area contributed by atoms with E-state index in [0.717, 1.165) is 12.6 Å². The molecule has 14 heavy (non-hydrogen) atoms. The van der Waals surface area contributed by atoms with Gasteiger partial charge in [-0.05, 0) is 23.6 Å². The first-order valence-electron chi connectivity index (χ1n) is 4.40. The van der Waals surface area contributed by atoms with Gasteiger partial charge in [0.25, 0.3) is 0 Å². The highest BCUT2D eigenvalue weighted by atomic mass is 19.1. The topological polar surface area (TPSA) is 34.1 Å². The fourth-order valence-corrected chi connectivity index (χ4v) is 1.36. The Labute approximate surface area is 81.7 Å². The van der Waals surface area contributed by atoms with Crippen LogP contribution >= 0.6 is 0 Å². The predicted octanol–water partition coefficient (Wildman–Crippen LogP) is 2.09. The van der Waals surface area contributed by atoms with Crippen LogP contribution in [0.15, 0.2) is 24.3 Å². The lowest BCUT2D eigenvalue weighted by Gasteiger charge is -2.10. The Balaban J connectivity index is 2.85. The van der Waals surface area contributed by atoms with Gasteiger partial charge >= 0.3 is 0 Å². The molecule has 0 fully saturated rings. The van der Waals surface area contributed by atoms with Crippen molar-refractivity contribution < 1.29 is 14.0 Å². The monoisotopic (exact) mass is 194 g/mol. The van der Waals surface area contributed by atoms with E-state index in [4.69, 9.17) is 0 Å². The molecule has 1 aromatic rings. The molecule has 0 aliphatic heterocycles. The SMILES string of the molecule is O=CCC(CC=O)c1cccc(F)c1. The minimum atomic E-state index is -0.343. The zero-order chi connectivity index (χ0) is 10.4. The van der Waals surface area contributed by atoms with E-state index < -0.39 is 0 Å². The van der Waals surface area contributed by atoms with E-state index in [1.165, 1.54) is 12.1 Å². The van der Waals surface area contributed by atoms with Crippen LogP contribution in [0.3, 0.4) is 0 Å². The van der Waals surface area contributed by atoms with E-state index in [0.29, 0.717) is 5.56 Å². The highest BCUT2D eigenvalue weighted by Crippen LogP contribution is 2.21. The molecule has 0 aromatic heterocycles. The van der Waals surface area contributed by atoms with Crippen molar-refractivity contribution in [2.75, 3.05) is 0 Å². The number of aldehydes is 2. The number of carbonyl (C=O) groups is 2. The van der Waals surface area contributed by atoms with Gasteiger partial charge in [0, 0.05) is 12.8 Å². The summed E-state index contributed by atoms with van der Waals surface area (Å²) in [5, 5.41) is 0. The first-order chi connectivity index (χ1) is 6.77. The average Bonchev–Trinajstić information content (AvgIpc) is 2.17. The van der Waals surface area contributed by atoms with Crippen molar-refractivity contribution in [1.29, 1.82) is 0 Å². The fourth-order valence-electron chi connectivity index (χ4n) is 1.36. The van der Waals surface area contributed by atoms with E-state index in [1.54, 1.807) is 12.1 Å². The smallest absolute Gasteiger partial charge is 0.123 e. The molecule has 0 atom stereocenters. The van der Waals surface area contributed by atoms with E-state index in [-0.39, 0.29) is 24.6 Å². The third kappa shape index (κ3) is 2.76. The maximum Gasteiger partial charge on any atom is 0.123 e. The van der Waals surface area contributed by atoms with Crippen LogP contribution in [0.1, 0.15) is 24.3 Å². The molecule has 0 aliphatic carbocycles. The predicted molar refractivity (Wildman–Crippen MR) is 50.5 cm³/mol. The summed E-state index contributed by atoms with van der Waals surface area (Å²) in [6.07, 6.45) is 2.00. The molecule has 0 N–H and O–H groups in total. The Hall–Kier alpha value is -1.51. The molecule has 1 aromatic carbocycles. The van der Waals surface area contributed by atoms with Gasteiger partial charge in [0.1, 0.15) is 18.4 Å². The number of benzene rings is 1. The Morgan fingerprint density at radius 3 is 2.36 bits per heavy atom. The van der Waals surface area contributed by atoms with Gasteiger partial charge in [0.05, 0.1) is 0 Å². The molecule has 1 rings (SSSR count). The standard InChI is InChI=1S/C11H11FO2/c12-11-3-1-2-10(8-11)9(4-6-13)5-7-14/h1-3,6-9H,4-5H2. The number of halogens is 1. The lowest BCUT2D eigenvalue weighted by Crippen LogP contribution is -2.00. The molecule has 2 nitrogen and oxygen atoms in total. The van der Waals surface area contributed by atoms with Gasteiger partial charge in [-0.1, -0.05) is 12.1 Å². The second-order valence-electron chi connectivity index (χ2n) is 3.06. The van der Waals surface area contributed by atoms with Gasteiger partial charge in [-0.3, -0.25) is 0 Å². The zero-order valence-corrected chi connectivity index (χ0v) is 7.65. The van der Waals surface area contributed by atoms with Crippen molar-refractivity contribution in [3.8, 4) is 0 Å². The summed E-state index contributed by atoms with van der Waals surface area (Å²) in [7, 11) is 0. The molecule has 0 saturated heterocycles. The molecule has 0 bridgehead atoms. The van der Waals surface area contributed by atoms with Crippen molar-refractivity contribution in [3.05, 3.63) is 35.6 Å². The third-order valence-electron chi connectivity index (χ3n) is 2.08. The van der Waals surface area contributed by atoms with Crippen LogP contribution in [0.25, 0.3) is 0 Å². The average molecular weight is 194 g/mol. The van der Waals surface area contributed by atoms with Gasteiger partial charge in [-0.2, -0.15) is 0 Å². The molecule has 0 heterocycles. The lowest BCUT2D eigenvalue weighted by molar-refractivity contribution is -0.109. The summed E-state index contributed by atoms with van der Waals surface area (Å²) in [5.41, 5.74) is 0.698. The summed E-state index contributed by atoms with van der Waals surface area (Å²) in [6, 6.07) is 5.99. The van der Waals surface area contributed by atoms with Crippen molar-refractivity contribution in [3.63, 3.8) is 0 Å². The van der Waals surface area contributed by atoms with Crippen molar-refractivity contribution in [1.82, 2.24) is 0 Å². The Bertz CT molecular complexity index is 313. The first kappa shape index (κ1) is 10.6. The van der Waals surface area contributed by atoms with E-state index >= 15 is 0 Å². The quantitative estimate of drug-likeness (QED) is 0.672. The summed E-state index contributed by atoms with van der Waals surface area (Å²) < 4.78 is 12.8. The molecule has 74 valence electrons. The maximum absolute atomic E-state index is 12.8. The molecule has 0 unspecified atom stereocenters. The fraction of sp³-hybridized carbons (Fsp3) is 0.273. The van der Waals surface area contributed by atoms with Gasteiger partial charge in [0.2, 0.25) is 0 Å². The lowest BCUT2D eigenvalue weighted by atomic mass is 9.94. The van der Waals surface area contributed by atoms with Crippen molar-refractivity contribution in [2.24, 2.45) is 0 Å². The largest absolute Gasteiger partial charge is 0.303 e. The Morgan fingerprint density at radius 2 is 1.86 bits per heavy atom. The van der Waals surface area contributed by atoms with Crippen LogP contribution < -0.4 is 0 Å². The highest BCUT2D eigenvalue weighted by Gasteiger charge is 2.10. The molecule has 0 spiro atoms. The molecule has 0 amide bonds. The molecule has 0 radical (unpaired) electrons. The van der Waals surface area contributed by atoms with Crippen LogP contribution in [0.4, 0.5) is 4.39 Å². The molecule has 0 saturated carbocycles. The molecule has 0 aliphatic rings. The minimum Gasteiger partial charge on any atom is -0.303 e. The normalized spacial score (nSPS) is 10.1. The second kappa shape index (κ2) is 5.27. The first-order valence-corrected chi connectivity index (χ1v) is 4.40. The van der Waals surface area contributed by atoms with Crippen LogP contribution in [-0.4, -0.2) is 12.6 Å². The van der Waals surface area contributed by atoms with Gasteiger partial charge < -0.3 is 9.59 Å². The van der Waals surface area contributed by atoms with E-state index in [2.05, 4.69) is 0 Å². The zero-order valence-electron chi connectivity index (χ0n) is 7.65. The van der Waals surface area contributed by atoms with Crippen LogP contribution in [0.5, 0.6) is 0 Å². The maximum atomic E-state index is 12.8. The molecular formula is C11H11FO2. The summed E-state index contributed by atoms with van der Waals surface area (Å²) >= 11 is 0. The van der Waals surface area contributed by atoms with E-state index in [9.17, 15) is 14.0 Å². The minimum absolute atomic E-state index is 0.194. The summed E-state index contributed by atoms with van der Waals surface area (Å²) in [5.74, 6) is -0.537. The van der Waals surface area contributed by atoms with Crippen LogP contribution in [0.2, 0.25) is 0 Å². The van der Waals surface area contributed by atoms with Crippen LogP contribution in [0, 0.1) is 5.82 Å². The number of hydrogen-bond donors (Lipinski definition) is 0. The molecular weight excluding hydrogens is 183 g/mol. The van der Waals surface area contributed by atoms with Crippen molar-refractivity contribution in [2.45, 2.75) is 18.8 Å². The number of carbonyl (C=O) groups excluding carboxylic acids is 2. The molecule has 3 heteroatoms. The number of rotatable bonds is 5. The summed E-state index contributed by atoms with van der Waals surface area (Å²) in [4.78, 5) is 20.7. The second-order valence-corrected chi connectivity index (χ2v) is 3.06. The van der Waals surface area contributed by atoms with Gasteiger partial charge in [-0.15, -0.1) is 0 Å². The Morgan fingerprint density at radius 1 is 1.21 bits per heavy atom. The van der Waals surface area contributed by atoms with Gasteiger partial charge in [-0.25, -0.2) is 4.39 Å². The van der Waals surface area contributed by atoms with E-state index in [1.807, 2.05) is 0 Å². The number of hydrogen-bond acceptors (Lipinski definition) is 2. The summed E-state index contributed by atoms with van der Waals surface area (Å²) in [6.45, 7) is 0.